The fourth-order valence-electron chi connectivity index (χ4n) is 2.63. The average molecular weight is 314 g/mol. The van der Waals surface area contributed by atoms with Crippen LogP contribution < -0.4 is 10.0 Å². The molecule has 0 atom stereocenters. The quantitative estimate of drug-likeness (QED) is 0.848. The Balaban J connectivity index is 1.60. The summed E-state index contributed by atoms with van der Waals surface area (Å²) in [7, 11) is -3.32. The lowest BCUT2D eigenvalue weighted by Crippen LogP contribution is -2.35. The summed E-state index contributed by atoms with van der Waals surface area (Å²) in [6.07, 6.45) is 7.94. The molecule has 1 aromatic heterocycles. The first-order chi connectivity index (χ1) is 9.63. The molecule has 6 heteroatoms. The van der Waals surface area contributed by atoms with Gasteiger partial charge in [0.25, 0.3) is 0 Å². The van der Waals surface area contributed by atoms with Crippen molar-refractivity contribution in [3.8, 4) is 0 Å². The van der Waals surface area contributed by atoms with Gasteiger partial charge in [0.2, 0.25) is 10.0 Å². The third-order valence-electron chi connectivity index (χ3n) is 3.97. The number of thiophene rings is 1. The van der Waals surface area contributed by atoms with Gasteiger partial charge in [0.05, 0.1) is 0 Å². The van der Waals surface area contributed by atoms with E-state index in [0.29, 0.717) is 10.3 Å². The minimum Gasteiger partial charge on any atom is -0.309 e. The molecular formula is C14H22N2O2S2. The van der Waals surface area contributed by atoms with Gasteiger partial charge in [-0.3, -0.25) is 0 Å². The van der Waals surface area contributed by atoms with Crippen LogP contribution in [-0.4, -0.2) is 20.5 Å². The van der Waals surface area contributed by atoms with Gasteiger partial charge in [-0.05, 0) is 37.8 Å². The molecule has 0 saturated heterocycles. The summed E-state index contributed by atoms with van der Waals surface area (Å²) < 4.78 is 28.0. The lowest BCUT2D eigenvalue weighted by Gasteiger charge is -2.22. The molecule has 2 N–H and O–H groups in total. The summed E-state index contributed by atoms with van der Waals surface area (Å²) >= 11 is 1.39. The average Bonchev–Trinajstić information content (AvgIpc) is 3.13. The van der Waals surface area contributed by atoms with Crippen LogP contribution in [0.4, 0.5) is 0 Å². The van der Waals surface area contributed by atoms with E-state index < -0.39 is 10.0 Å². The van der Waals surface area contributed by atoms with Gasteiger partial charge in [-0.25, -0.2) is 13.1 Å². The Morgan fingerprint density at radius 1 is 1.05 bits per heavy atom. The predicted octanol–water partition coefficient (Wildman–Crippen LogP) is 2.61. The number of sulfonamides is 1. The fourth-order valence-corrected chi connectivity index (χ4v) is 5.26. The number of rotatable bonds is 6. The largest absolute Gasteiger partial charge is 0.309 e. The highest BCUT2D eigenvalue weighted by molar-refractivity contribution is 7.91. The highest BCUT2D eigenvalue weighted by Crippen LogP contribution is 2.25. The molecule has 0 amide bonds. The Morgan fingerprint density at radius 3 is 2.50 bits per heavy atom. The van der Waals surface area contributed by atoms with Crippen molar-refractivity contribution >= 4 is 21.4 Å². The van der Waals surface area contributed by atoms with E-state index in [1.807, 2.05) is 6.07 Å². The molecule has 0 radical (unpaired) electrons. The van der Waals surface area contributed by atoms with E-state index in [1.165, 1.54) is 30.6 Å². The predicted molar refractivity (Wildman–Crippen MR) is 81.4 cm³/mol. The molecule has 0 unspecified atom stereocenters. The molecule has 1 heterocycles. The van der Waals surface area contributed by atoms with Crippen LogP contribution in [-0.2, 0) is 16.6 Å². The lowest BCUT2D eigenvalue weighted by molar-refractivity contribution is 0.412. The minimum absolute atomic E-state index is 0.129. The second kappa shape index (κ2) is 6.13. The second-order valence-corrected chi connectivity index (χ2v) is 8.94. The summed E-state index contributed by atoms with van der Waals surface area (Å²) in [4.78, 5) is 1.10. The van der Waals surface area contributed by atoms with E-state index in [2.05, 4.69) is 10.0 Å². The first-order valence-electron chi connectivity index (χ1n) is 7.48. The monoisotopic (exact) mass is 314 g/mol. The topological polar surface area (TPSA) is 58.2 Å². The molecule has 1 aromatic rings. The molecule has 20 heavy (non-hydrogen) atoms. The molecule has 0 aliphatic heterocycles. The third kappa shape index (κ3) is 3.81. The van der Waals surface area contributed by atoms with Crippen LogP contribution >= 0.6 is 11.3 Å². The first kappa shape index (κ1) is 14.5. The van der Waals surface area contributed by atoms with E-state index in [-0.39, 0.29) is 6.04 Å². The van der Waals surface area contributed by atoms with E-state index >= 15 is 0 Å². The normalized spacial score (nSPS) is 21.2. The summed E-state index contributed by atoms with van der Waals surface area (Å²) in [5, 5.41) is 3.41. The van der Waals surface area contributed by atoms with Crippen LogP contribution in [0.5, 0.6) is 0 Å². The van der Waals surface area contributed by atoms with Crippen molar-refractivity contribution in [2.24, 2.45) is 0 Å². The van der Waals surface area contributed by atoms with Crippen molar-refractivity contribution in [3.63, 3.8) is 0 Å². The molecule has 0 spiro atoms. The van der Waals surface area contributed by atoms with Crippen molar-refractivity contribution < 1.29 is 8.42 Å². The summed E-state index contributed by atoms with van der Waals surface area (Å²) in [5.74, 6) is 0. The number of hydrogen-bond acceptors (Lipinski definition) is 4. The number of hydrogen-bond donors (Lipinski definition) is 2. The smallest absolute Gasteiger partial charge is 0.250 e. The van der Waals surface area contributed by atoms with Crippen molar-refractivity contribution in [2.45, 2.75) is 67.8 Å². The van der Waals surface area contributed by atoms with Gasteiger partial charge in [0.1, 0.15) is 4.21 Å². The third-order valence-corrected chi connectivity index (χ3v) is 7.07. The van der Waals surface area contributed by atoms with Gasteiger partial charge in [0.15, 0.2) is 0 Å². The molecule has 4 nitrogen and oxygen atoms in total. The maximum Gasteiger partial charge on any atom is 0.250 e. The van der Waals surface area contributed by atoms with Gasteiger partial charge < -0.3 is 5.32 Å². The van der Waals surface area contributed by atoms with Gasteiger partial charge in [-0.1, -0.05) is 19.3 Å². The van der Waals surface area contributed by atoms with Crippen LogP contribution in [0.1, 0.15) is 49.8 Å². The van der Waals surface area contributed by atoms with Crippen molar-refractivity contribution in [2.75, 3.05) is 0 Å². The zero-order chi connectivity index (χ0) is 14.0. The molecule has 2 aliphatic carbocycles. The lowest BCUT2D eigenvalue weighted by atomic mass is 9.96. The molecule has 3 rings (SSSR count). The van der Waals surface area contributed by atoms with Gasteiger partial charge >= 0.3 is 0 Å². The minimum atomic E-state index is -3.32. The van der Waals surface area contributed by atoms with E-state index in [9.17, 15) is 8.42 Å². The van der Waals surface area contributed by atoms with E-state index in [4.69, 9.17) is 0 Å². The van der Waals surface area contributed by atoms with Gasteiger partial charge in [0, 0.05) is 23.5 Å². The standard InChI is InChI=1S/C14H22N2O2S2/c17-20(18,16-12-4-2-1-3-5-12)14-9-8-13(19-14)10-15-11-6-7-11/h8-9,11-12,15-16H,1-7,10H2. The maximum absolute atomic E-state index is 12.3. The zero-order valence-corrected chi connectivity index (χ0v) is 13.2. The van der Waals surface area contributed by atoms with Crippen molar-refractivity contribution in [3.05, 3.63) is 17.0 Å². The SMILES string of the molecule is O=S(=O)(NC1CCCCC1)c1ccc(CNC2CC2)s1. The fraction of sp³-hybridized carbons (Fsp3) is 0.714. The van der Waals surface area contributed by atoms with Crippen molar-refractivity contribution in [1.29, 1.82) is 0 Å². The maximum atomic E-state index is 12.3. The van der Waals surface area contributed by atoms with Gasteiger partial charge in [-0.2, -0.15) is 0 Å². The second-order valence-electron chi connectivity index (χ2n) is 5.83. The highest BCUT2D eigenvalue weighted by Gasteiger charge is 2.24. The van der Waals surface area contributed by atoms with Crippen LogP contribution in [0.3, 0.4) is 0 Å². The molecule has 0 bridgehead atoms. The number of nitrogens with one attached hydrogen (secondary N) is 2. The molecular weight excluding hydrogens is 292 g/mol. The Morgan fingerprint density at radius 2 is 1.80 bits per heavy atom. The zero-order valence-electron chi connectivity index (χ0n) is 11.6. The Bertz CT molecular complexity index is 543. The van der Waals surface area contributed by atoms with Crippen LogP contribution in [0.2, 0.25) is 0 Å². The van der Waals surface area contributed by atoms with Crippen molar-refractivity contribution in [1.82, 2.24) is 10.0 Å². The van der Waals surface area contributed by atoms with E-state index in [0.717, 1.165) is 37.1 Å². The molecule has 112 valence electrons. The summed E-state index contributed by atoms with van der Waals surface area (Å²) in [5.41, 5.74) is 0. The summed E-state index contributed by atoms with van der Waals surface area (Å²) in [6.45, 7) is 0.786. The van der Waals surface area contributed by atoms with Crippen LogP contribution in [0, 0.1) is 0 Å². The molecule has 2 aliphatic rings. The Labute approximate surface area is 125 Å². The molecule has 2 fully saturated rings. The highest BCUT2D eigenvalue weighted by atomic mass is 32.2. The Hall–Kier alpha value is -0.430. The molecule has 2 saturated carbocycles. The first-order valence-corrected chi connectivity index (χ1v) is 9.78. The van der Waals surface area contributed by atoms with Crippen LogP contribution in [0.15, 0.2) is 16.3 Å². The van der Waals surface area contributed by atoms with E-state index in [1.54, 1.807) is 6.07 Å². The molecule has 0 aromatic carbocycles. The summed E-state index contributed by atoms with van der Waals surface area (Å²) in [6, 6.07) is 4.44. The van der Waals surface area contributed by atoms with Gasteiger partial charge in [-0.15, -0.1) is 11.3 Å². The van der Waals surface area contributed by atoms with Crippen LogP contribution in [0.25, 0.3) is 0 Å². The Kier molecular flexibility index (Phi) is 4.45.